The molecule has 2 amide bonds. The highest BCUT2D eigenvalue weighted by molar-refractivity contribution is 5.80. The van der Waals surface area contributed by atoms with E-state index in [1.165, 1.54) is 12.1 Å². The Hall–Kier alpha value is -2.80. The Balaban J connectivity index is 1.76. The number of amides is 2. The van der Waals surface area contributed by atoms with E-state index >= 15 is 0 Å². The van der Waals surface area contributed by atoms with Crippen molar-refractivity contribution in [3.05, 3.63) is 29.3 Å². The van der Waals surface area contributed by atoms with Crippen molar-refractivity contribution in [1.29, 1.82) is 5.26 Å². The van der Waals surface area contributed by atoms with Gasteiger partial charge in [0.05, 0.1) is 23.1 Å². The van der Waals surface area contributed by atoms with Crippen LogP contribution in [0.4, 0.5) is 18.9 Å². The Morgan fingerprint density at radius 1 is 1.24 bits per heavy atom. The zero-order chi connectivity index (χ0) is 24.2. The van der Waals surface area contributed by atoms with E-state index in [0.29, 0.717) is 38.5 Å². The summed E-state index contributed by atoms with van der Waals surface area (Å²) in [4.78, 5) is 28.4. The quantitative estimate of drug-likeness (QED) is 0.697. The smallest absolute Gasteiger partial charge is 0.372 e. The van der Waals surface area contributed by atoms with Gasteiger partial charge in [0.15, 0.2) is 0 Å². The number of nitriles is 1. The number of halogens is 3. The summed E-state index contributed by atoms with van der Waals surface area (Å²) in [5, 5.41) is 11.7. The number of rotatable bonds is 6. The minimum Gasteiger partial charge on any atom is -0.372 e. The maximum atomic E-state index is 13.4. The number of carbonyl (C=O) groups is 2. The van der Waals surface area contributed by atoms with E-state index < -0.39 is 17.3 Å². The third-order valence-electron chi connectivity index (χ3n) is 6.67. The Kier molecular flexibility index (Phi) is 7.84. The van der Waals surface area contributed by atoms with E-state index in [4.69, 9.17) is 10.00 Å². The van der Waals surface area contributed by atoms with Crippen LogP contribution in [0.1, 0.15) is 30.9 Å². The summed E-state index contributed by atoms with van der Waals surface area (Å²) in [5.74, 6) is -0.422. The lowest BCUT2D eigenvalue weighted by Gasteiger charge is -2.36. The number of hydrogen-bond donors (Lipinski definition) is 1. The highest BCUT2D eigenvalue weighted by Gasteiger charge is 2.43. The third kappa shape index (κ3) is 5.58. The van der Waals surface area contributed by atoms with E-state index in [-0.39, 0.29) is 36.2 Å². The number of piperidine rings is 1. The molecule has 0 aromatic heterocycles. The molecule has 1 aromatic rings. The number of likely N-dealkylation sites (tertiary alicyclic amines) is 1. The molecule has 0 spiro atoms. The molecule has 0 bridgehead atoms. The molecule has 0 aliphatic carbocycles. The molecule has 2 heterocycles. The Bertz CT molecular complexity index is 907. The number of nitrogens with one attached hydrogen (secondary N) is 1. The molecule has 180 valence electrons. The van der Waals surface area contributed by atoms with Crippen LogP contribution in [0.2, 0.25) is 0 Å². The second-order valence-electron chi connectivity index (χ2n) is 8.48. The zero-order valence-electron chi connectivity index (χ0n) is 18.8. The average molecular weight is 467 g/mol. The second-order valence-corrected chi connectivity index (χ2v) is 8.48. The van der Waals surface area contributed by atoms with Gasteiger partial charge >= 0.3 is 6.18 Å². The lowest BCUT2D eigenvalue weighted by Crippen LogP contribution is -2.44. The Morgan fingerprint density at radius 3 is 2.52 bits per heavy atom. The first-order valence-electron chi connectivity index (χ1n) is 11.1. The monoisotopic (exact) mass is 466 g/mol. The van der Waals surface area contributed by atoms with Crippen molar-refractivity contribution < 1.29 is 27.5 Å². The van der Waals surface area contributed by atoms with Crippen LogP contribution < -0.4 is 10.2 Å². The van der Waals surface area contributed by atoms with Gasteiger partial charge in [-0.15, -0.1) is 0 Å². The van der Waals surface area contributed by atoms with Crippen LogP contribution in [-0.4, -0.2) is 63.2 Å². The highest BCUT2D eigenvalue weighted by Crippen LogP contribution is 2.40. The maximum Gasteiger partial charge on any atom is 0.417 e. The highest BCUT2D eigenvalue weighted by atomic mass is 19.4. The van der Waals surface area contributed by atoms with E-state index in [9.17, 15) is 22.8 Å². The van der Waals surface area contributed by atoms with Gasteiger partial charge in [-0.05, 0) is 49.8 Å². The summed E-state index contributed by atoms with van der Waals surface area (Å²) < 4.78 is 45.5. The summed E-state index contributed by atoms with van der Waals surface area (Å²) in [7, 11) is 1.56. The average Bonchev–Trinajstić information content (AvgIpc) is 3.26. The number of carbonyl (C=O) groups excluding carboxylic acids is 2. The van der Waals surface area contributed by atoms with Crippen molar-refractivity contribution >= 4 is 17.5 Å². The molecule has 2 fully saturated rings. The van der Waals surface area contributed by atoms with E-state index in [2.05, 4.69) is 5.32 Å². The number of anilines is 1. The zero-order valence-corrected chi connectivity index (χ0v) is 18.8. The number of benzene rings is 1. The van der Waals surface area contributed by atoms with Crippen LogP contribution in [-0.2, 0) is 20.5 Å². The van der Waals surface area contributed by atoms with Crippen molar-refractivity contribution in [2.75, 3.05) is 51.3 Å². The molecule has 2 saturated heterocycles. The van der Waals surface area contributed by atoms with Crippen molar-refractivity contribution in [3.63, 3.8) is 0 Å². The van der Waals surface area contributed by atoms with Crippen molar-refractivity contribution in [1.82, 2.24) is 10.2 Å². The van der Waals surface area contributed by atoms with Crippen LogP contribution in [0.25, 0.3) is 0 Å². The standard InChI is InChI=1S/C23H29F3N4O3/c1-3-33-14-21(31)29-8-6-15(7-9-29)18-12-30(13-19(18)22(32)28-2)17-5-4-16(11-27)20(10-17)23(24,25)26/h4-5,10,15,18-19H,3,6-9,12-14H2,1-2H3,(H,28,32)/t18-,19+/m0/s1. The number of hydrogen-bond acceptors (Lipinski definition) is 5. The molecule has 0 radical (unpaired) electrons. The van der Waals surface area contributed by atoms with Gasteiger partial charge in [-0.2, -0.15) is 18.4 Å². The second kappa shape index (κ2) is 10.4. The summed E-state index contributed by atoms with van der Waals surface area (Å²) in [6.07, 6.45) is -3.18. The summed E-state index contributed by atoms with van der Waals surface area (Å²) in [6, 6.07) is 5.28. The molecule has 0 saturated carbocycles. The Labute approximate surface area is 191 Å². The predicted octanol–water partition coefficient (Wildman–Crippen LogP) is 2.65. The van der Waals surface area contributed by atoms with Gasteiger partial charge in [-0.25, -0.2) is 0 Å². The molecule has 2 atom stereocenters. The first-order chi connectivity index (χ1) is 15.7. The fraction of sp³-hybridized carbons (Fsp3) is 0.609. The minimum absolute atomic E-state index is 0.0425. The number of nitrogens with zero attached hydrogens (tertiary/aromatic N) is 3. The Morgan fingerprint density at radius 2 is 1.94 bits per heavy atom. The predicted molar refractivity (Wildman–Crippen MR) is 115 cm³/mol. The number of ether oxygens (including phenoxy) is 1. The fourth-order valence-electron chi connectivity index (χ4n) is 4.90. The summed E-state index contributed by atoms with van der Waals surface area (Å²) >= 11 is 0. The molecule has 7 nitrogen and oxygen atoms in total. The first-order valence-corrected chi connectivity index (χ1v) is 11.1. The van der Waals surface area contributed by atoms with Gasteiger partial charge in [0.2, 0.25) is 11.8 Å². The molecule has 1 N–H and O–H groups in total. The molecular weight excluding hydrogens is 437 g/mol. The van der Waals surface area contributed by atoms with Gasteiger partial charge in [0.1, 0.15) is 6.61 Å². The van der Waals surface area contributed by atoms with Crippen molar-refractivity contribution in [3.8, 4) is 6.07 Å². The van der Waals surface area contributed by atoms with Gasteiger partial charge in [0, 0.05) is 45.5 Å². The van der Waals surface area contributed by atoms with Gasteiger partial charge in [-0.3, -0.25) is 9.59 Å². The van der Waals surface area contributed by atoms with E-state index in [1.807, 2.05) is 6.92 Å². The van der Waals surface area contributed by atoms with Crippen LogP contribution in [0.3, 0.4) is 0 Å². The molecule has 0 unspecified atom stereocenters. The topological polar surface area (TPSA) is 85.7 Å². The lowest BCUT2D eigenvalue weighted by atomic mass is 9.78. The molecule has 2 aliphatic heterocycles. The normalized spacial score (nSPS) is 21.7. The molecule has 33 heavy (non-hydrogen) atoms. The first kappa shape index (κ1) is 24.8. The van der Waals surface area contributed by atoms with E-state index in [1.54, 1.807) is 22.9 Å². The minimum atomic E-state index is -4.64. The van der Waals surface area contributed by atoms with Gasteiger partial charge < -0.3 is 19.9 Å². The fourth-order valence-corrected chi connectivity index (χ4v) is 4.90. The van der Waals surface area contributed by atoms with Crippen molar-refractivity contribution in [2.24, 2.45) is 17.8 Å². The van der Waals surface area contributed by atoms with Gasteiger partial charge in [-0.1, -0.05) is 0 Å². The SMILES string of the molecule is CCOCC(=O)N1CCC([C@@H]2CN(c3ccc(C#N)c(C(F)(F)F)c3)C[C@H]2C(=O)NC)CC1. The molecular formula is C23H29F3N4O3. The van der Waals surface area contributed by atoms with Crippen LogP contribution in [0, 0.1) is 29.1 Å². The van der Waals surface area contributed by atoms with Crippen molar-refractivity contribution in [2.45, 2.75) is 25.9 Å². The summed E-state index contributed by atoms with van der Waals surface area (Å²) in [6.45, 7) is 4.25. The summed E-state index contributed by atoms with van der Waals surface area (Å²) in [5.41, 5.74) is -1.04. The van der Waals surface area contributed by atoms with Crippen LogP contribution in [0.15, 0.2) is 18.2 Å². The van der Waals surface area contributed by atoms with Crippen LogP contribution >= 0.6 is 0 Å². The molecule has 1 aromatic carbocycles. The number of alkyl halides is 3. The van der Waals surface area contributed by atoms with Crippen LogP contribution in [0.5, 0.6) is 0 Å². The maximum absolute atomic E-state index is 13.4. The molecule has 3 rings (SSSR count). The third-order valence-corrected chi connectivity index (χ3v) is 6.67. The largest absolute Gasteiger partial charge is 0.417 e. The van der Waals surface area contributed by atoms with Gasteiger partial charge in [0.25, 0.3) is 0 Å². The van der Waals surface area contributed by atoms with E-state index in [0.717, 1.165) is 18.9 Å². The molecule has 2 aliphatic rings. The lowest BCUT2D eigenvalue weighted by molar-refractivity contribution is -0.138. The molecule has 10 heteroatoms.